The predicted molar refractivity (Wildman–Crippen MR) is 124 cm³/mol. The van der Waals surface area contributed by atoms with Gasteiger partial charge in [0.1, 0.15) is 0 Å². The monoisotopic (exact) mass is 441 g/mol. The third-order valence-corrected chi connectivity index (χ3v) is 5.93. The summed E-state index contributed by atoms with van der Waals surface area (Å²) in [6, 6.07) is 16.3. The van der Waals surface area contributed by atoms with Gasteiger partial charge < -0.3 is 4.98 Å². The van der Waals surface area contributed by atoms with Crippen LogP contribution in [0.4, 0.5) is 5.69 Å². The number of carbonyl (C=O) groups excluding carboxylic acids is 3. The van der Waals surface area contributed by atoms with Gasteiger partial charge in [0.2, 0.25) is 0 Å². The maximum absolute atomic E-state index is 13.2. The molecule has 0 fully saturated rings. The fraction of sp³-hybridized carbons (Fsp3) is 0.192. The van der Waals surface area contributed by atoms with Gasteiger partial charge in [0.05, 0.1) is 29.0 Å². The Morgan fingerprint density at radius 1 is 0.879 bits per heavy atom. The summed E-state index contributed by atoms with van der Waals surface area (Å²) in [7, 11) is 0. The molecule has 166 valence electrons. The Labute approximate surface area is 191 Å². The zero-order chi connectivity index (χ0) is 23.1. The van der Waals surface area contributed by atoms with Gasteiger partial charge in [-0.2, -0.15) is 5.06 Å². The molecule has 3 heterocycles. The maximum Gasteiger partial charge on any atom is 0.282 e. The van der Waals surface area contributed by atoms with Crippen LogP contribution in [0.3, 0.4) is 0 Å². The minimum absolute atomic E-state index is 0.182. The van der Waals surface area contributed by atoms with Crippen molar-refractivity contribution in [1.29, 1.82) is 0 Å². The molecule has 2 aliphatic heterocycles. The number of hydrogen-bond acceptors (Lipinski definition) is 4. The molecule has 0 radical (unpaired) electrons. The van der Waals surface area contributed by atoms with E-state index in [0.29, 0.717) is 28.8 Å². The van der Waals surface area contributed by atoms with E-state index in [-0.39, 0.29) is 30.9 Å². The zero-order valence-electron chi connectivity index (χ0n) is 18.4. The largest absolute Gasteiger partial charge is 0.359 e. The molecule has 0 saturated heterocycles. The highest BCUT2D eigenvalue weighted by Crippen LogP contribution is 2.38. The first kappa shape index (κ1) is 20.9. The van der Waals surface area contributed by atoms with E-state index in [9.17, 15) is 14.4 Å². The summed E-state index contributed by atoms with van der Waals surface area (Å²) in [5.41, 5.74) is 5.86. The van der Waals surface area contributed by atoms with Crippen molar-refractivity contribution in [3.63, 3.8) is 0 Å². The average molecular weight is 441 g/mol. The van der Waals surface area contributed by atoms with Gasteiger partial charge in [0, 0.05) is 23.5 Å². The van der Waals surface area contributed by atoms with Crippen LogP contribution in [0, 0.1) is 13.8 Å². The highest BCUT2D eigenvalue weighted by molar-refractivity contribution is 6.35. The molecule has 7 heteroatoms. The van der Waals surface area contributed by atoms with Crippen molar-refractivity contribution in [2.45, 2.75) is 20.3 Å². The number of nitrogens with zero attached hydrogens (tertiary/aromatic N) is 2. The van der Waals surface area contributed by atoms with Gasteiger partial charge in [-0.05, 0) is 56.2 Å². The first-order valence-corrected chi connectivity index (χ1v) is 10.9. The molecule has 1 N–H and O–H groups in total. The lowest BCUT2D eigenvalue weighted by Crippen LogP contribution is -2.33. The van der Waals surface area contributed by atoms with Crippen LogP contribution in [0.1, 0.15) is 49.7 Å². The van der Waals surface area contributed by atoms with Crippen molar-refractivity contribution in [2.75, 3.05) is 18.2 Å². The van der Waals surface area contributed by atoms with E-state index in [1.54, 1.807) is 24.3 Å². The molecule has 3 aromatic rings. The summed E-state index contributed by atoms with van der Waals surface area (Å²) >= 11 is 0. The van der Waals surface area contributed by atoms with Gasteiger partial charge in [0.25, 0.3) is 17.7 Å². The number of anilines is 1. The van der Waals surface area contributed by atoms with Crippen molar-refractivity contribution in [1.82, 2.24) is 9.88 Å². The first-order chi connectivity index (χ1) is 16.0. The average Bonchev–Trinajstić information content (AvgIpc) is 3.37. The van der Waals surface area contributed by atoms with E-state index < -0.39 is 0 Å². The molecule has 2 aliphatic rings. The molecule has 0 saturated carbocycles. The van der Waals surface area contributed by atoms with E-state index in [1.165, 1.54) is 9.96 Å². The number of carbonyl (C=O) groups is 3. The van der Waals surface area contributed by atoms with Gasteiger partial charge in [0.15, 0.2) is 0 Å². The predicted octanol–water partition coefficient (Wildman–Crippen LogP) is 4.14. The number of amides is 3. The van der Waals surface area contributed by atoms with Crippen LogP contribution in [-0.2, 0) is 9.63 Å². The van der Waals surface area contributed by atoms with Crippen molar-refractivity contribution < 1.29 is 19.2 Å². The fourth-order valence-electron chi connectivity index (χ4n) is 4.34. The lowest BCUT2D eigenvalue weighted by molar-refractivity contribution is -0.119. The Morgan fingerprint density at radius 3 is 2.15 bits per heavy atom. The Morgan fingerprint density at radius 2 is 1.52 bits per heavy atom. The molecule has 0 spiro atoms. The number of para-hydroxylation sites is 1. The van der Waals surface area contributed by atoms with E-state index in [4.69, 9.17) is 4.84 Å². The third kappa shape index (κ3) is 3.56. The number of hydrogen-bond donors (Lipinski definition) is 1. The highest BCUT2D eigenvalue weighted by Gasteiger charge is 2.36. The second-order valence-electron chi connectivity index (χ2n) is 8.22. The number of benzene rings is 2. The molecule has 0 atom stereocenters. The second-order valence-corrected chi connectivity index (χ2v) is 8.22. The molecule has 0 unspecified atom stereocenters. The second kappa shape index (κ2) is 8.18. The summed E-state index contributed by atoms with van der Waals surface area (Å²) in [5, 5.41) is 1.30. The van der Waals surface area contributed by atoms with Crippen molar-refractivity contribution >= 4 is 35.1 Å². The van der Waals surface area contributed by atoms with Gasteiger partial charge in [-0.1, -0.05) is 30.3 Å². The number of rotatable bonds is 6. The van der Waals surface area contributed by atoms with Crippen LogP contribution < -0.4 is 5.06 Å². The van der Waals surface area contributed by atoms with E-state index in [1.807, 2.05) is 50.3 Å². The minimum Gasteiger partial charge on any atom is -0.359 e. The number of H-pyrrole nitrogens is 1. The van der Waals surface area contributed by atoms with Crippen molar-refractivity contribution in [3.05, 3.63) is 88.2 Å². The quantitative estimate of drug-likeness (QED) is 0.354. The van der Waals surface area contributed by atoms with Crippen LogP contribution in [0.15, 0.2) is 54.6 Å². The van der Waals surface area contributed by atoms with Gasteiger partial charge in [-0.15, -0.1) is 0 Å². The lowest BCUT2D eigenvalue weighted by Gasteiger charge is -2.18. The molecule has 0 bridgehead atoms. The van der Waals surface area contributed by atoms with E-state index in [2.05, 4.69) is 4.98 Å². The Kier molecular flexibility index (Phi) is 5.18. The number of aromatic amines is 1. The molecule has 2 aromatic carbocycles. The number of hydroxylamine groups is 1. The molecular formula is C26H23N3O4. The summed E-state index contributed by atoms with van der Waals surface area (Å²) in [6.45, 7) is 4.37. The summed E-state index contributed by atoms with van der Waals surface area (Å²) in [6.07, 6.45) is 2.26. The molecule has 33 heavy (non-hydrogen) atoms. The van der Waals surface area contributed by atoms with Crippen molar-refractivity contribution in [2.24, 2.45) is 0 Å². The van der Waals surface area contributed by atoms with E-state index in [0.717, 1.165) is 22.5 Å². The van der Waals surface area contributed by atoms with Crippen LogP contribution in [-0.4, -0.2) is 40.8 Å². The SMILES string of the molecule is Cc1cc(C)c(C=C2C(=O)N(OCCCN3C(=O)c4ccccc4C3=O)c3ccccc32)[nH]1. The topological polar surface area (TPSA) is 82.7 Å². The first-order valence-electron chi connectivity index (χ1n) is 10.9. The number of nitrogens with one attached hydrogen (secondary N) is 1. The lowest BCUT2D eigenvalue weighted by atomic mass is 10.1. The van der Waals surface area contributed by atoms with Gasteiger partial charge in [-0.25, -0.2) is 0 Å². The fourth-order valence-corrected chi connectivity index (χ4v) is 4.34. The smallest absolute Gasteiger partial charge is 0.282 e. The van der Waals surface area contributed by atoms with Gasteiger partial charge >= 0.3 is 0 Å². The minimum atomic E-state index is -0.292. The molecule has 5 rings (SSSR count). The molecular weight excluding hydrogens is 418 g/mol. The number of aryl methyl sites for hydroxylation is 2. The summed E-state index contributed by atoms with van der Waals surface area (Å²) in [5.74, 6) is -0.830. The zero-order valence-corrected chi connectivity index (χ0v) is 18.4. The Hall–Kier alpha value is -3.97. The van der Waals surface area contributed by atoms with Crippen LogP contribution in [0.25, 0.3) is 11.6 Å². The van der Waals surface area contributed by atoms with Crippen LogP contribution in [0.2, 0.25) is 0 Å². The normalized spacial score (nSPS) is 16.2. The third-order valence-electron chi connectivity index (χ3n) is 5.93. The van der Waals surface area contributed by atoms with Crippen LogP contribution in [0.5, 0.6) is 0 Å². The van der Waals surface area contributed by atoms with E-state index >= 15 is 0 Å². The Bertz CT molecular complexity index is 1290. The Balaban J connectivity index is 1.28. The molecule has 3 amide bonds. The summed E-state index contributed by atoms with van der Waals surface area (Å²) in [4.78, 5) is 48.6. The molecule has 7 nitrogen and oxygen atoms in total. The number of fused-ring (bicyclic) bond motifs is 2. The maximum atomic E-state index is 13.2. The van der Waals surface area contributed by atoms with Crippen LogP contribution >= 0.6 is 0 Å². The summed E-state index contributed by atoms with van der Waals surface area (Å²) < 4.78 is 0. The standard InChI is InChI=1S/C26H23N3O4/c1-16-14-17(2)27-22(16)15-21-18-8-5-6-11-23(18)29(26(21)32)33-13-7-12-28-24(30)19-9-3-4-10-20(19)25(28)31/h3-6,8-11,14-15,27H,7,12-13H2,1-2H3. The number of aromatic nitrogens is 1. The highest BCUT2D eigenvalue weighted by atomic mass is 16.7. The van der Waals surface area contributed by atoms with Gasteiger partial charge in [-0.3, -0.25) is 24.1 Å². The molecule has 0 aliphatic carbocycles. The molecule has 1 aromatic heterocycles. The van der Waals surface area contributed by atoms with Crippen molar-refractivity contribution in [3.8, 4) is 0 Å². The number of imide groups is 1.